The van der Waals surface area contributed by atoms with Gasteiger partial charge in [-0.3, -0.25) is 4.79 Å². The van der Waals surface area contributed by atoms with Crippen LogP contribution in [0.4, 0.5) is 4.79 Å². The number of urea groups is 1. The van der Waals surface area contributed by atoms with Crippen molar-refractivity contribution < 1.29 is 19.8 Å². The van der Waals surface area contributed by atoms with E-state index in [1.54, 1.807) is 4.90 Å². The molecule has 2 amide bonds. The number of carboxylic acids is 1. The van der Waals surface area contributed by atoms with Crippen molar-refractivity contribution in [1.29, 1.82) is 0 Å². The summed E-state index contributed by atoms with van der Waals surface area (Å²) >= 11 is 3.37. The van der Waals surface area contributed by atoms with E-state index < -0.39 is 12.1 Å². The molecule has 1 saturated heterocycles. The highest BCUT2D eigenvalue weighted by atomic mass is 79.9. The van der Waals surface area contributed by atoms with E-state index in [0.29, 0.717) is 13.1 Å². The molecule has 2 unspecified atom stereocenters. The molecule has 1 fully saturated rings. The Bertz CT molecular complexity index is 550. The maximum atomic E-state index is 12.1. The van der Waals surface area contributed by atoms with Gasteiger partial charge in [0.1, 0.15) is 0 Å². The van der Waals surface area contributed by atoms with Gasteiger partial charge in [0.25, 0.3) is 0 Å². The van der Waals surface area contributed by atoms with E-state index in [1.165, 1.54) is 0 Å². The van der Waals surface area contributed by atoms with Gasteiger partial charge in [-0.15, -0.1) is 0 Å². The first-order valence-electron chi connectivity index (χ1n) is 7.65. The summed E-state index contributed by atoms with van der Waals surface area (Å²) in [6.07, 6.45) is 0.975. The van der Waals surface area contributed by atoms with Gasteiger partial charge >= 0.3 is 12.0 Å². The number of nitrogens with one attached hydrogen (secondary N) is 1. The highest BCUT2D eigenvalue weighted by Gasteiger charge is 2.29. The second-order valence-electron chi connectivity index (χ2n) is 5.72. The van der Waals surface area contributed by atoms with Crippen LogP contribution in [0, 0.1) is 5.92 Å². The molecule has 2 atom stereocenters. The third-order valence-corrected chi connectivity index (χ3v) is 4.55. The molecule has 1 heterocycles. The predicted octanol–water partition coefficient (Wildman–Crippen LogP) is 2.38. The molecule has 3 N–H and O–H groups in total. The van der Waals surface area contributed by atoms with Crippen molar-refractivity contribution in [3.8, 4) is 0 Å². The summed E-state index contributed by atoms with van der Waals surface area (Å²) in [6.45, 7) is 1.21. The Hall–Kier alpha value is -1.60. The van der Waals surface area contributed by atoms with Crippen molar-refractivity contribution in [3.63, 3.8) is 0 Å². The zero-order chi connectivity index (χ0) is 16.8. The minimum Gasteiger partial charge on any atom is -0.481 e. The van der Waals surface area contributed by atoms with Crippen LogP contribution in [0.2, 0.25) is 0 Å². The molecule has 23 heavy (non-hydrogen) atoms. The summed E-state index contributed by atoms with van der Waals surface area (Å²) in [6, 6.07) is 7.26. The van der Waals surface area contributed by atoms with Gasteiger partial charge in [-0.2, -0.15) is 0 Å². The number of amides is 2. The number of carbonyl (C=O) groups excluding carboxylic acids is 1. The molecule has 0 saturated carbocycles. The number of aliphatic hydroxyl groups excluding tert-OH is 1. The van der Waals surface area contributed by atoms with E-state index in [2.05, 4.69) is 21.2 Å². The van der Waals surface area contributed by atoms with E-state index in [4.69, 9.17) is 5.11 Å². The first-order chi connectivity index (χ1) is 11.0. The zero-order valence-corrected chi connectivity index (χ0v) is 14.3. The molecule has 2 rings (SSSR count). The van der Waals surface area contributed by atoms with Gasteiger partial charge in [-0.25, -0.2) is 4.79 Å². The Labute approximate surface area is 143 Å². The number of halogens is 1. The fraction of sp³-hybridized carbons (Fsp3) is 0.500. The van der Waals surface area contributed by atoms with Gasteiger partial charge in [-0.05, 0) is 30.5 Å². The molecule has 0 aromatic heterocycles. The standard InChI is InChI=1S/C16H21BrN2O4/c17-13-5-3-11(4-6-13)15(22)12-2-1-9-19(10-12)16(23)18-8-7-14(20)21/h3-6,12,15,22H,1-2,7-10H2,(H,18,23)(H,20,21). The van der Waals surface area contributed by atoms with E-state index in [0.717, 1.165) is 22.9 Å². The van der Waals surface area contributed by atoms with Crippen molar-refractivity contribution in [1.82, 2.24) is 10.2 Å². The van der Waals surface area contributed by atoms with Crippen LogP contribution < -0.4 is 5.32 Å². The van der Waals surface area contributed by atoms with Gasteiger partial charge in [0.05, 0.1) is 12.5 Å². The lowest BCUT2D eigenvalue weighted by atomic mass is 9.89. The second-order valence-corrected chi connectivity index (χ2v) is 6.64. The van der Waals surface area contributed by atoms with Crippen molar-refractivity contribution in [2.24, 2.45) is 5.92 Å². The Morgan fingerprint density at radius 1 is 1.35 bits per heavy atom. The molecule has 7 heteroatoms. The van der Waals surface area contributed by atoms with Crippen molar-refractivity contribution in [3.05, 3.63) is 34.3 Å². The Morgan fingerprint density at radius 2 is 2.04 bits per heavy atom. The SMILES string of the molecule is O=C(O)CCNC(=O)N1CCCC(C(O)c2ccc(Br)cc2)C1. The fourth-order valence-corrected chi connectivity index (χ4v) is 3.04. The van der Waals surface area contributed by atoms with Gasteiger partial charge in [-0.1, -0.05) is 28.1 Å². The largest absolute Gasteiger partial charge is 0.481 e. The lowest BCUT2D eigenvalue weighted by Crippen LogP contribution is -2.47. The summed E-state index contributed by atoms with van der Waals surface area (Å²) in [5, 5.41) is 21.7. The van der Waals surface area contributed by atoms with E-state index >= 15 is 0 Å². The maximum absolute atomic E-state index is 12.1. The molecule has 0 spiro atoms. The average Bonchev–Trinajstić information content (AvgIpc) is 2.54. The molecular formula is C16H21BrN2O4. The molecule has 1 aliphatic heterocycles. The summed E-state index contributed by atoms with van der Waals surface area (Å²) in [4.78, 5) is 24.2. The molecule has 1 aromatic carbocycles. The van der Waals surface area contributed by atoms with Crippen LogP contribution in [0.3, 0.4) is 0 Å². The summed E-state index contributed by atoms with van der Waals surface area (Å²) in [5.74, 6) is -0.956. The van der Waals surface area contributed by atoms with Crippen molar-refractivity contribution >= 4 is 27.9 Å². The molecular weight excluding hydrogens is 364 g/mol. The molecule has 0 radical (unpaired) electrons. The molecule has 1 aliphatic rings. The molecule has 126 valence electrons. The number of aliphatic hydroxyl groups is 1. The Balaban J connectivity index is 1.90. The predicted molar refractivity (Wildman–Crippen MR) is 89.1 cm³/mol. The summed E-state index contributed by atoms with van der Waals surface area (Å²) in [7, 11) is 0. The lowest BCUT2D eigenvalue weighted by molar-refractivity contribution is -0.136. The fourth-order valence-electron chi connectivity index (χ4n) is 2.77. The van der Waals surface area contributed by atoms with Crippen LogP contribution in [0.15, 0.2) is 28.7 Å². The maximum Gasteiger partial charge on any atom is 0.317 e. The summed E-state index contributed by atoms with van der Waals surface area (Å²) in [5.41, 5.74) is 0.839. The number of benzene rings is 1. The number of nitrogens with zero attached hydrogens (tertiary/aromatic N) is 1. The number of hydrogen-bond acceptors (Lipinski definition) is 3. The van der Waals surface area contributed by atoms with Crippen molar-refractivity contribution in [2.75, 3.05) is 19.6 Å². The minimum absolute atomic E-state index is 0.0184. The monoisotopic (exact) mass is 384 g/mol. The quantitative estimate of drug-likeness (QED) is 0.726. The smallest absolute Gasteiger partial charge is 0.317 e. The lowest BCUT2D eigenvalue weighted by Gasteiger charge is -2.35. The minimum atomic E-state index is -0.938. The number of piperidine rings is 1. The Kier molecular flexibility index (Phi) is 6.41. The Morgan fingerprint density at radius 3 is 2.70 bits per heavy atom. The highest BCUT2D eigenvalue weighted by molar-refractivity contribution is 9.10. The van der Waals surface area contributed by atoms with E-state index in [-0.39, 0.29) is 24.9 Å². The van der Waals surface area contributed by atoms with Crippen LogP contribution in [-0.4, -0.2) is 46.7 Å². The van der Waals surface area contributed by atoms with Gasteiger partial charge in [0.2, 0.25) is 0 Å². The third-order valence-electron chi connectivity index (χ3n) is 4.02. The molecule has 6 nitrogen and oxygen atoms in total. The van der Waals surface area contributed by atoms with Crippen molar-refractivity contribution in [2.45, 2.75) is 25.4 Å². The van der Waals surface area contributed by atoms with E-state index in [9.17, 15) is 14.7 Å². The van der Waals surface area contributed by atoms with Gasteiger partial charge < -0.3 is 20.4 Å². The van der Waals surface area contributed by atoms with Crippen LogP contribution >= 0.6 is 15.9 Å². The van der Waals surface area contributed by atoms with Gasteiger partial charge in [0, 0.05) is 30.0 Å². The zero-order valence-electron chi connectivity index (χ0n) is 12.7. The summed E-state index contributed by atoms with van der Waals surface area (Å²) < 4.78 is 0.955. The molecule has 0 aliphatic carbocycles. The van der Waals surface area contributed by atoms with Crippen LogP contribution in [0.1, 0.15) is 30.9 Å². The number of rotatable bonds is 5. The van der Waals surface area contributed by atoms with E-state index in [1.807, 2.05) is 24.3 Å². The third kappa shape index (κ3) is 5.21. The molecule has 1 aromatic rings. The second kappa shape index (κ2) is 8.31. The normalized spacial score (nSPS) is 19.2. The van der Waals surface area contributed by atoms with Crippen LogP contribution in [0.25, 0.3) is 0 Å². The number of carbonyl (C=O) groups is 2. The number of carboxylic acid groups (broad SMARTS) is 1. The highest BCUT2D eigenvalue weighted by Crippen LogP contribution is 2.30. The number of likely N-dealkylation sites (tertiary alicyclic amines) is 1. The number of hydrogen-bond donors (Lipinski definition) is 3. The number of aliphatic carboxylic acids is 1. The molecule has 0 bridgehead atoms. The average molecular weight is 385 g/mol. The topological polar surface area (TPSA) is 89.9 Å². The van der Waals surface area contributed by atoms with Crippen LogP contribution in [-0.2, 0) is 4.79 Å². The first kappa shape index (κ1) is 17.7. The van der Waals surface area contributed by atoms with Crippen LogP contribution in [0.5, 0.6) is 0 Å². The first-order valence-corrected chi connectivity index (χ1v) is 8.45. The van der Waals surface area contributed by atoms with Gasteiger partial charge in [0.15, 0.2) is 0 Å².